The molecule has 0 radical (unpaired) electrons. The van der Waals surface area contributed by atoms with Crippen molar-refractivity contribution in [3.05, 3.63) is 22.3 Å². The van der Waals surface area contributed by atoms with Gasteiger partial charge >= 0.3 is 7.12 Å². The molecule has 5 heteroatoms. The summed E-state index contributed by atoms with van der Waals surface area (Å²) in [6, 6.07) is 2.36. The zero-order chi connectivity index (χ0) is 17.7. The molecule has 4 nitrogen and oxygen atoms in total. The Morgan fingerprint density at radius 2 is 1.39 bits per heavy atom. The summed E-state index contributed by atoms with van der Waals surface area (Å²) in [5.74, 6) is 0. The van der Waals surface area contributed by atoms with Crippen molar-refractivity contribution < 1.29 is 9.31 Å². The van der Waals surface area contributed by atoms with Crippen LogP contribution in [-0.4, -0.2) is 32.4 Å². The van der Waals surface area contributed by atoms with Crippen molar-refractivity contribution in [2.75, 3.05) is 19.0 Å². The van der Waals surface area contributed by atoms with Gasteiger partial charge in [-0.25, -0.2) is 0 Å². The highest BCUT2D eigenvalue weighted by Gasteiger charge is 2.53. The molecule has 2 rings (SSSR count). The van der Waals surface area contributed by atoms with Gasteiger partial charge < -0.3 is 14.2 Å². The molecule has 0 atom stereocenters. The zero-order valence-electron chi connectivity index (χ0n) is 15.8. The summed E-state index contributed by atoms with van der Waals surface area (Å²) in [5, 5.41) is 9.72. The van der Waals surface area contributed by atoms with E-state index in [-0.39, 0.29) is 0 Å². The molecule has 1 saturated heterocycles. The third-order valence-electron chi connectivity index (χ3n) is 5.37. The molecular weight excluding hydrogens is 287 g/mol. The standard InChI is InChI=1S/C18H27BN2O2/c1-11-12(2)16(21(8)9)13(3)15(14(11)10-20)19-22-17(4,5)18(6,7)23-19/h1-9H3. The number of hydrogen-bond donors (Lipinski definition) is 0. The summed E-state index contributed by atoms with van der Waals surface area (Å²) >= 11 is 0. The number of nitrogens with zero attached hydrogens (tertiary/aromatic N) is 2. The Kier molecular flexibility index (Phi) is 4.30. The van der Waals surface area contributed by atoms with Crippen LogP contribution in [0.4, 0.5) is 5.69 Å². The zero-order valence-corrected chi connectivity index (χ0v) is 15.8. The molecule has 1 aliphatic rings. The predicted octanol–water partition coefficient (Wildman–Crippen LogP) is 2.85. The quantitative estimate of drug-likeness (QED) is 0.788. The van der Waals surface area contributed by atoms with E-state index in [4.69, 9.17) is 9.31 Å². The molecule has 1 heterocycles. The van der Waals surface area contributed by atoms with Gasteiger partial charge in [-0.1, -0.05) is 0 Å². The van der Waals surface area contributed by atoms with Crippen molar-refractivity contribution in [3.63, 3.8) is 0 Å². The van der Waals surface area contributed by atoms with Crippen LogP contribution in [0.5, 0.6) is 0 Å². The van der Waals surface area contributed by atoms with Crippen molar-refractivity contribution in [2.24, 2.45) is 0 Å². The second-order valence-electron chi connectivity index (χ2n) is 7.61. The largest absolute Gasteiger partial charge is 0.496 e. The molecule has 124 valence electrons. The Balaban J connectivity index is 2.71. The van der Waals surface area contributed by atoms with Crippen molar-refractivity contribution in [2.45, 2.75) is 59.7 Å². The van der Waals surface area contributed by atoms with Crippen LogP contribution in [0.1, 0.15) is 49.9 Å². The first kappa shape index (κ1) is 17.8. The third-order valence-corrected chi connectivity index (χ3v) is 5.37. The molecule has 1 aliphatic heterocycles. The highest BCUT2D eigenvalue weighted by Crippen LogP contribution is 2.38. The van der Waals surface area contributed by atoms with Crippen LogP contribution in [-0.2, 0) is 9.31 Å². The molecule has 0 amide bonds. The van der Waals surface area contributed by atoms with Crippen molar-refractivity contribution in [1.82, 2.24) is 0 Å². The molecule has 0 spiro atoms. The molecule has 1 fully saturated rings. The first-order chi connectivity index (χ1) is 10.4. The van der Waals surface area contributed by atoms with E-state index in [0.717, 1.165) is 27.8 Å². The molecule has 0 aromatic heterocycles. The SMILES string of the molecule is Cc1c(C)c(N(C)C)c(C)c(B2OC(C)(C)C(C)(C)O2)c1C#N. The van der Waals surface area contributed by atoms with Crippen molar-refractivity contribution in [1.29, 1.82) is 5.26 Å². The van der Waals surface area contributed by atoms with E-state index in [1.165, 1.54) is 0 Å². The third kappa shape index (κ3) is 2.64. The second kappa shape index (κ2) is 5.54. The van der Waals surface area contributed by atoms with Crippen LogP contribution in [0.15, 0.2) is 0 Å². The normalized spacial score (nSPS) is 18.9. The molecule has 0 aliphatic carbocycles. The molecule has 0 saturated carbocycles. The lowest BCUT2D eigenvalue weighted by Gasteiger charge is -2.32. The van der Waals surface area contributed by atoms with Crippen LogP contribution >= 0.6 is 0 Å². The van der Waals surface area contributed by atoms with Gasteiger partial charge in [0.25, 0.3) is 0 Å². The van der Waals surface area contributed by atoms with Gasteiger partial charge in [-0.05, 0) is 65.2 Å². The number of benzene rings is 1. The van der Waals surface area contributed by atoms with Gasteiger partial charge in [-0.3, -0.25) is 0 Å². The average molecular weight is 314 g/mol. The summed E-state index contributed by atoms with van der Waals surface area (Å²) in [4.78, 5) is 2.09. The first-order valence-corrected chi connectivity index (χ1v) is 8.01. The van der Waals surface area contributed by atoms with E-state index in [9.17, 15) is 5.26 Å². The van der Waals surface area contributed by atoms with Crippen LogP contribution in [0.2, 0.25) is 0 Å². The molecule has 0 unspecified atom stereocenters. The van der Waals surface area contributed by atoms with Gasteiger partial charge in [-0.2, -0.15) is 5.26 Å². The molecule has 23 heavy (non-hydrogen) atoms. The summed E-state index contributed by atoms with van der Waals surface area (Å²) in [7, 11) is 3.52. The van der Waals surface area contributed by atoms with E-state index in [1.54, 1.807) is 0 Å². The van der Waals surface area contributed by atoms with Crippen LogP contribution < -0.4 is 10.4 Å². The van der Waals surface area contributed by atoms with Crippen LogP contribution in [0, 0.1) is 32.1 Å². The topological polar surface area (TPSA) is 45.5 Å². The minimum Gasteiger partial charge on any atom is -0.399 e. The van der Waals surface area contributed by atoms with E-state index in [0.29, 0.717) is 5.56 Å². The van der Waals surface area contributed by atoms with Crippen LogP contribution in [0.3, 0.4) is 0 Å². The maximum atomic E-state index is 9.72. The van der Waals surface area contributed by atoms with Gasteiger partial charge in [-0.15, -0.1) is 0 Å². The minimum atomic E-state index is -0.521. The lowest BCUT2D eigenvalue weighted by atomic mass is 9.70. The average Bonchev–Trinajstić information content (AvgIpc) is 2.61. The van der Waals surface area contributed by atoms with Gasteiger partial charge in [0, 0.05) is 25.2 Å². The lowest BCUT2D eigenvalue weighted by molar-refractivity contribution is 0.00578. The fourth-order valence-electron chi connectivity index (χ4n) is 3.23. The fraction of sp³-hybridized carbons (Fsp3) is 0.611. The predicted molar refractivity (Wildman–Crippen MR) is 95.4 cm³/mol. The first-order valence-electron chi connectivity index (χ1n) is 8.01. The highest BCUT2D eigenvalue weighted by molar-refractivity contribution is 6.63. The van der Waals surface area contributed by atoms with Crippen molar-refractivity contribution >= 4 is 18.3 Å². The fourth-order valence-corrected chi connectivity index (χ4v) is 3.23. The summed E-state index contributed by atoms with van der Waals surface area (Å²) < 4.78 is 12.4. The van der Waals surface area contributed by atoms with E-state index >= 15 is 0 Å². The van der Waals surface area contributed by atoms with Gasteiger partial charge in [0.1, 0.15) is 0 Å². The molecule has 0 bridgehead atoms. The van der Waals surface area contributed by atoms with Gasteiger partial charge in [0.05, 0.1) is 22.8 Å². The Morgan fingerprint density at radius 3 is 1.78 bits per heavy atom. The van der Waals surface area contributed by atoms with Gasteiger partial charge in [0.15, 0.2) is 0 Å². The number of rotatable bonds is 2. The smallest absolute Gasteiger partial charge is 0.399 e. The number of hydrogen-bond acceptors (Lipinski definition) is 4. The maximum Gasteiger partial charge on any atom is 0.496 e. The highest BCUT2D eigenvalue weighted by atomic mass is 16.7. The van der Waals surface area contributed by atoms with Gasteiger partial charge in [0.2, 0.25) is 0 Å². The van der Waals surface area contributed by atoms with Crippen LogP contribution in [0.25, 0.3) is 0 Å². The Labute approximate surface area is 140 Å². The van der Waals surface area contributed by atoms with E-state index in [2.05, 4.69) is 17.9 Å². The Hall–Kier alpha value is -1.51. The minimum absolute atomic E-state index is 0.423. The number of nitriles is 1. The Morgan fingerprint density at radius 1 is 0.913 bits per heavy atom. The molecular formula is C18H27BN2O2. The number of anilines is 1. The summed E-state index contributed by atoms with van der Waals surface area (Å²) in [5.41, 5.74) is 4.99. The lowest BCUT2D eigenvalue weighted by Crippen LogP contribution is -2.41. The molecule has 1 aromatic rings. The van der Waals surface area contributed by atoms with E-state index in [1.807, 2.05) is 55.6 Å². The molecule has 1 aromatic carbocycles. The second-order valence-corrected chi connectivity index (χ2v) is 7.61. The van der Waals surface area contributed by atoms with Crippen molar-refractivity contribution in [3.8, 4) is 6.07 Å². The molecule has 0 N–H and O–H groups in total. The summed E-state index contributed by atoms with van der Waals surface area (Å²) in [6.45, 7) is 14.2. The monoisotopic (exact) mass is 314 g/mol. The van der Waals surface area contributed by atoms with E-state index < -0.39 is 18.3 Å². The summed E-state index contributed by atoms with van der Waals surface area (Å²) in [6.07, 6.45) is 0. The Bertz CT molecular complexity index is 671. The maximum absolute atomic E-state index is 9.72.